The van der Waals surface area contributed by atoms with Gasteiger partial charge in [-0.05, 0) is 47.3 Å². The Kier molecular flexibility index (Phi) is 5.42. The molecule has 1 fully saturated rings. The van der Waals surface area contributed by atoms with Gasteiger partial charge in [0.15, 0.2) is 0 Å². The Hall–Kier alpha value is -0.390. The molecule has 2 rings (SSSR count). The molecule has 1 amide bonds. The van der Waals surface area contributed by atoms with E-state index < -0.39 is 5.60 Å². The fourth-order valence-electron chi connectivity index (χ4n) is 2.56. The van der Waals surface area contributed by atoms with Gasteiger partial charge < -0.3 is 10.4 Å². The lowest BCUT2D eigenvalue weighted by Crippen LogP contribution is -2.38. The molecule has 0 unspecified atom stereocenters. The van der Waals surface area contributed by atoms with E-state index in [9.17, 15) is 9.90 Å². The van der Waals surface area contributed by atoms with Crippen LogP contribution >= 0.6 is 27.3 Å². The lowest BCUT2D eigenvalue weighted by molar-refractivity contribution is -0.127. The van der Waals surface area contributed by atoms with Crippen LogP contribution in [-0.4, -0.2) is 23.2 Å². The zero-order chi connectivity index (χ0) is 13.7. The van der Waals surface area contributed by atoms with E-state index in [1.807, 2.05) is 6.07 Å². The van der Waals surface area contributed by atoms with E-state index in [4.69, 9.17) is 0 Å². The van der Waals surface area contributed by atoms with Crippen molar-refractivity contribution in [1.29, 1.82) is 0 Å². The minimum atomic E-state index is -0.756. The van der Waals surface area contributed by atoms with Crippen LogP contribution in [0.25, 0.3) is 0 Å². The third-order valence-corrected chi connectivity index (χ3v) is 5.28. The highest BCUT2D eigenvalue weighted by atomic mass is 79.9. The first-order valence-corrected chi connectivity index (χ1v) is 8.42. The van der Waals surface area contributed by atoms with E-state index in [1.165, 1.54) is 11.3 Å². The van der Waals surface area contributed by atoms with Crippen LogP contribution in [0.3, 0.4) is 0 Å². The van der Waals surface area contributed by atoms with Crippen LogP contribution in [0.15, 0.2) is 15.9 Å². The Bertz CT molecular complexity index is 427. The minimum Gasteiger partial charge on any atom is -0.389 e. The van der Waals surface area contributed by atoms with Crippen LogP contribution in [0.1, 0.15) is 43.4 Å². The average molecular weight is 346 g/mol. The van der Waals surface area contributed by atoms with Gasteiger partial charge in [0.25, 0.3) is 0 Å². The molecule has 19 heavy (non-hydrogen) atoms. The summed E-state index contributed by atoms with van der Waals surface area (Å²) in [4.78, 5) is 13.1. The van der Waals surface area contributed by atoms with Gasteiger partial charge in [-0.3, -0.25) is 4.79 Å². The van der Waals surface area contributed by atoms with Gasteiger partial charge in [-0.25, -0.2) is 0 Å². The van der Waals surface area contributed by atoms with Crippen LogP contribution < -0.4 is 5.32 Å². The summed E-state index contributed by atoms with van der Waals surface area (Å²) < 4.78 is 1.12. The summed E-state index contributed by atoms with van der Waals surface area (Å²) in [7, 11) is 0. The smallest absolute Gasteiger partial charge is 0.222 e. The molecule has 0 saturated heterocycles. The second-order valence-electron chi connectivity index (χ2n) is 5.27. The van der Waals surface area contributed by atoms with Gasteiger partial charge in [-0.1, -0.05) is 19.3 Å². The molecule has 0 radical (unpaired) electrons. The monoisotopic (exact) mass is 345 g/mol. The molecule has 1 saturated carbocycles. The third kappa shape index (κ3) is 4.89. The van der Waals surface area contributed by atoms with Gasteiger partial charge in [-0.2, -0.15) is 0 Å². The number of halogens is 1. The summed E-state index contributed by atoms with van der Waals surface area (Å²) in [5.41, 5.74) is -0.756. The molecule has 1 aliphatic carbocycles. The number of carbonyl (C=O) groups is 1. The first-order chi connectivity index (χ1) is 9.07. The molecule has 1 aromatic heterocycles. The molecule has 1 aromatic rings. The Morgan fingerprint density at radius 2 is 2.11 bits per heavy atom. The Labute approximate surface area is 126 Å². The zero-order valence-corrected chi connectivity index (χ0v) is 13.4. The molecule has 106 valence electrons. The van der Waals surface area contributed by atoms with Crippen molar-refractivity contribution in [3.8, 4) is 0 Å². The number of thiophene rings is 1. The van der Waals surface area contributed by atoms with E-state index in [1.54, 1.807) is 11.3 Å². The number of amides is 1. The Morgan fingerprint density at radius 3 is 2.74 bits per heavy atom. The highest BCUT2D eigenvalue weighted by molar-refractivity contribution is 9.11. The molecule has 0 spiro atoms. The van der Waals surface area contributed by atoms with Gasteiger partial charge in [0, 0.05) is 11.4 Å². The first-order valence-electron chi connectivity index (χ1n) is 6.81. The van der Waals surface area contributed by atoms with E-state index in [0.717, 1.165) is 35.9 Å². The van der Waals surface area contributed by atoms with E-state index >= 15 is 0 Å². The van der Waals surface area contributed by atoms with Crippen LogP contribution in [0.4, 0.5) is 0 Å². The molecule has 1 heterocycles. The molecule has 5 heteroatoms. The predicted molar refractivity (Wildman–Crippen MR) is 81.4 cm³/mol. The normalized spacial score (nSPS) is 18.2. The predicted octanol–water partition coefficient (Wildman–Crippen LogP) is 3.25. The molecule has 3 nitrogen and oxygen atoms in total. The number of aliphatic hydroxyl groups is 1. The number of nitrogens with one attached hydrogen (secondary N) is 1. The van der Waals surface area contributed by atoms with Crippen molar-refractivity contribution in [3.05, 3.63) is 20.8 Å². The fourth-order valence-corrected chi connectivity index (χ4v) is 4.04. The second-order valence-corrected chi connectivity index (χ2v) is 7.82. The maximum absolute atomic E-state index is 11.8. The van der Waals surface area contributed by atoms with Crippen molar-refractivity contribution in [2.75, 3.05) is 6.54 Å². The van der Waals surface area contributed by atoms with Gasteiger partial charge in [0.2, 0.25) is 5.91 Å². The standard InChI is InChI=1S/C14H20BrNO2S/c15-12-5-4-11(19-12)6-9-16-13(17)10-14(18)7-2-1-3-8-14/h4-5,18H,1-3,6-10H2,(H,16,17). The Balaban J connectivity index is 1.69. The molecule has 0 atom stereocenters. The van der Waals surface area contributed by atoms with Gasteiger partial charge in [0.05, 0.1) is 15.8 Å². The van der Waals surface area contributed by atoms with Crippen molar-refractivity contribution >= 4 is 33.2 Å². The quantitative estimate of drug-likeness (QED) is 0.860. The molecule has 0 aliphatic heterocycles. The molecular weight excluding hydrogens is 326 g/mol. The van der Waals surface area contributed by atoms with Crippen molar-refractivity contribution in [2.24, 2.45) is 0 Å². The summed E-state index contributed by atoms with van der Waals surface area (Å²) in [6, 6.07) is 4.09. The van der Waals surface area contributed by atoms with E-state index in [2.05, 4.69) is 27.3 Å². The summed E-state index contributed by atoms with van der Waals surface area (Å²) >= 11 is 5.11. The SMILES string of the molecule is O=C(CC1(O)CCCCC1)NCCc1ccc(Br)s1. The molecule has 0 aromatic carbocycles. The maximum Gasteiger partial charge on any atom is 0.222 e. The van der Waals surface area contributed by atoms with Crippen LogP contribution in [0, 0.1) is 0 Å². The summed E-state index contributed by atoms with van der Waals surface area (Å²) in [5.74, 6) is -0.0278. The number of hydrogen-bond donors (Lipinski definition) is 2. The molecule has 0 bridgehead atoms. The van der Waals surface area contributed by atoms with Crippen molar-refractivity contribution < 1.29 is 9.90 Å². The van der Waals surface area contributed by atoms with E-state index in [0.29, 0.717) is 6.54 Å². The lowest BCUT2D eigenvalue weighted by Gasteiger charge is -2.31. The average Bonchev–Trinajstić information content (AvgIpc) is 2.75. The van der Waals surface area contributed by atoms with Gasteiger partial charge in [0.1, 0.15) is 0 Å². The molecular formula is C14H20BrNO2S. The fraction of sp³-hybridized carbons (Fsp3) is 0.643. The van der Waals surface area contributed by atoms with Crippen molar-refractivity contribution in [2.45, 2.75) is 50.5 Å². The third-order valence-electron chi connectivity index (χ3n) is 3.60. The van der Waals surface area contributed by atoms with Gasteiger partial charge in [-0.15, -0.1) is 11.3 Å². The van der Waals surface area contributed by atoms with Crippen LogP contribution in [0.2, 0.25) is 0 Å². The summed E-state index contributed by atoms with van der Waals surface area (Å²) in [5, 5.41) is 13.2. The largest absolute Gasteiger partial charge is 0.389 e. The van der Waals surface area contributed by atoms with Gasteiger partial charge >= 0.3 is 0 Å². The molecule has 1 aliphatic rings. The summed E-state index contributed by atoms with van der Waals surface area (Å²) in [6.45, 7) is 0.641. The second kappa shape index (κ2) is 6.86. The van der Waals surface area contributed by atoms with Crippen LogP contribution in [0.5, 0.6) is 0 Å². The highest BCUT2D eigenvalue weighted by Gasteiger charge is 2.31. The topological polar surface area (TPSA) is 49.3 Å². The maximum atomic E-state index is 11.8. The van der Waals surface area contributed by atoms with Crippen molar-refractivity contribution in [1.82, 2.24) is 5.32 Å². The van der Waals surface area contributed by atoms with Crippen LogP contribution in [-0.2, 0) is 11.2 Å². The number of carbonyl (C=O) groups excluding carboxylic acids is 1. The lowest BCUT2D eigenvalue weighted by atomic mass is 9.82. The Morgan fingerprint density at radius 1 is 1.37 bits per heavy atom. The number of hydrogen-bond acceptors (Lipinski definition) is 3. The minimum absolute atomic E-state index is 0.0278. The zero-order valence-electron chi connectivity index (χ0n) is 11.0. The van der Waals surface area contributed by atoms with Crippen molar-refractivity contribution in [3.63, 3.8) is 0 Å². The van der Waals surface area contributed by atoms with E-state index in [-0.39, 0.29) is 12.3 Å². The summed E-state index contributed by atoms with van der Waals surface area (Å²) in [6.07, 6.45) is 5.87. The first kappa shape index (κ1) is 15.0. The number of rotatable bonds is 5. The molecule has 2 N–H and O–H groups in total. The highest BCUT2D eigenvalue weighted by Crippen LogP contribution is 2.30.